The van der Waals surface area contributed by atoms with Gasteiger partial charge in [-0.1, -0.05) is 24.9 Å². The van der Waals surface area contributed by atoms with Gasteiger partial charge in [-0.3, -0.25) is 0 Å². The molecule has 0 fully saturated rings. The standard InChI is InChI=1S/C12H19ClN2O2/c1-4-6-10(17-5-2)12-14-9(8-16-3)7-11(13)15-12/h7,10H,4-6,8H2,1-3H3. The van der Waals surface area contributed by atoms with Crippen molar-refractivity contribution < 1.29 is 9.47 Å². The van der Waals surface area contributed by atoms with Crippen molar-refractivity contribution in [2.75, 3.05) is 13.7 Å². The average molecular weight is 259 g/mol. The van der Waals surface area contributed by atoms with Crippen LogP contribution in [0.25, 0.3) is 0 Å². The zero-order chi connectivity index (χ0) is 12.7. The van der Waals surface area contributed by atoms with E-state index >= 15 is 0 Å². The first kappa shape index (κ1) is 14.4. The van der Waals surface area contributed by atoms with Crippen molar-refractivity contribution in [1.82, 2.24) is 9.97 Å². The van der Waals surface area contributed by atoms with E-state index in [1.165, 1.54) is 0 Å². The lowest BCUT2D eigenvalue weighted by atomic mass is 10.2. The molecule has 0 aliphatic carbocycles. The second-order valence-electron chi connectivity index (χ2n) is 3.71. The highest BCUT2D eigenvalue weighted by molar-refractivity contribution is 6.29. The molecule has 0 bridgehead atoms. The van der Waals surface area contributed by atoms with Gasteiger partial charge in [0.15, 0.2) is 5.82 Å². The fraction of sp³-hybridized carbons (Fsp3) is 0.667. The summed E-state index contributed by atoms with van der Waals surface area (Å²) in [5.74, 6) is 0.647. The van der Waals surface area contributed by atoms with Crippen molar-refractivity contribution in [3.8, 4) is 0 Å². The molecule has 0 saturated heterocycles. The Bertz CT molecular complexity index is 341. The average Bonchev–Trinajstić information content (AvgIpc) is 2.28. The second-order valence-corrected chi connectivity index (χ2v) is 4.09. The summed E-state index contributed by atoms with van der Waals surface area (Å²) in [6.07, 6.45) is 1.82. The van der Waals surface area contributed by atoms with E-state index in [9.17, 15) is 0 Å². The smallest absolute Gasteiger partial charge is 0.159 e. The van der Waals surface area contributed by atoms with Gasteiger partial charge in [-0.2, -0.15) is 0 Å². The summed E-state index contributed by atoms with van der Waals surface area (Å²) in [5.41, 5.74) is 0.781. The van der Waals surface area contributed by atoms with E-state index in [0.29, 0.717) is 24.2 Å². The molecule has 0 aliphatic heterocycles. The molecule has 1 heterocycles. The Balaban J connectivity index is 2.92. The van der Waals surface area contributed by atoms with Crippen LogP contribution in [0.5, 0.6) is 0 Å². The topological polar surface area (TPSA) is 44.2 Å². The third-order valence-electron chi connectivity index (χ3n) is 2.26. The first-order valence-electron chi connectivity index (χ1n) is 5.85. The summed E-state index contributed by atoms with van der Waals surface area (Å²) in [6.45, 7) is 5.14. The minimum atomic E-state index is -0.0840. The molecular formula is C12H19ClN2O2. The molecule has 96 valence electrons. The Morgan fingerprint density at radius 1 is 1.35 bits per heavy atom. The monoisotopic (exact) mass is 258 g/mol. The molecule has 17 heavy (non-hydrogen) atoms. The SMILES string of the molecule is CCCC(OCC)c1nc(Cl)cc(COC)n1. The zero-order valence-electron chi connectivity index (χ0n) is 10.6. The van der Waals surface area contributed by atoms with Gasteiger partial charge in [0, 0.05) is 13.7 Å². The van der Waals surface area contributed by atoms with Crippen LogP contribution in [0.15, 0.2) is 6.07 Å². The first-order chi connectivity index (χ1) is 8.21. The van der Waals surface area contributed by atoms with Crippen molar-refractivity contribution in [2.24, 2.45) is 0 Å². The van der Waals surface area contributed by atoms with Gasteiger partial charge in [0.25, 0.3) is 0 Å². The Kier molecular flexibility index (Phi) is 6.40. The van der Waals surface area contributed by atoms with E-state index in [1.807, 2.05) is 6.92 Å². The van der Waals surface area contributed by atoms with Crippen LogP contribution in [0.1, 0.15) is 44.3 Å². The largest absolute Gasteiger partial charge is 0.378 e. The highest BCUT2D eigenvalue weighted by atomic mass is 35.5. The lowest BCUT2D eigenvalue weighted by molar-refractivity contribution is 0.0488. The summed E-state index contributed by atoms with van der Waals surface area (Å²) in [5, 5.41) is 0.433. The van der Waals surface area contributed by atoms with E-state index in [0.717, 1.165) is 18.5 Å². The summed E-state index contributed by atoms with van der Waals surface area (Å²) >= 11 is 5.97. The number of aromatic nitrogens is 2. The Labute approximate surface area is 107 Å². The number of halogens is 1. The van der Waals surface area contributed by atoms with Crippen LogP contribution in [0.4, 0.5) is 0 Å². The van der Waals surface area contributed by atoms with Crippen LogP contribution in [0.2, 0.25) is 5.15 Å². The third kappa shape index (κ3) is 4.58. The van der Waals surface area contributed by atoms with Crippen LogP contribution in [0.3, 0.4) is 0 Å². The number of hydrogen-bond donors (Lipinski definition) is 0. The van der Waals surface area contributed by atoms with Gasteiger partial charge in [-0.15, -0.1) is 0 Å². The Morgan fingerprint density at radius 3 is 2.71 bits per heavy atom. The normalized spacial score (nSPS) is 12.7. The van der Waals surface area contributed by atoms with Gasteiger partial charge in [-0.25, -0.2) is 9.97 Å². The molecule has 0 amide bonds. The molecule has 0 radical (unpaired) electrons. The maximum Gasteiger partial charge on any atom is 0.159 e. The minimum Gasteiger partial charge on any atom is -0.378 e. The molecule has 5 heteroatoms. The Hall–Kier alpha value is -0.710. The highest BCUT2D eigenvalue weighted by Crippen LogP contribution is 2.21. The third-order valence-corrected chi connectivity index (χ3v) is 2.46. The number of nitrogens with zero attached hydrogens (tertiary/aromatic N) is 2. The molecule has 1 atom stereocenters. The van der Waals surface area contributed by atoms with Crippen LogP contribution < -0.4 is 0 Å². The molecule has 0 saturated carbocycles. The molecule has 1 rings (SSSR count). The van der Waals surface area contributed by atoms with E-state index in [2.05, 4.69) is 16.9 Å². The predicted octanol–water partition coefficient (Wildman–Crippen LogP) is 3.15. The van der Waals surface area contributed by atoms with Crippen LogP contribution in [-0.2, 0) is 16.1 Å². The lowest BCUT2D eigenvalue weighted by Crippen LogP contribution is -2.10. The zero-order valence-corrected chi connectivity index (χ0v) is 11.3. The van der Waals surface area contributed by atoms with E-state index in [4.69, 9.17) is 21.1 Å². The molecular weight excluding hydrogens is 240 g/mol. The van der Waals surface area contributed by atoms with Crippen molar-refractivity contribution in [3.05, 3.63) is 22.7 Å². The van der Waals surface area contributed by atoms with Gasteiger partial charge >= 0.3 is 0 Å². The summed E-state index contributed by atoms with van der Waals surface area (Å²) in [4.78, 5) is 8.64. The molecule has 4 nitrogen and oxygen atoms in total. The van der Waals surface area contributed by atoms with E-state index in [1.54, 1.807) is 13.2 Å². The molecule has 1 aromatic rings. The predicted molar refractivity (Wildman–Crippen MR) is 67.0 cm³/mol. The van der Waals surface area contributed by atoms with Gasteiger partial charge in [0.2, 0.25) is 0 Å². The molecule has 0 N–H and O–H groups in total. The van der Waals surface area contributed by atoms with Crippen LogP contribution in [0, 0.1) is 0 Å². The van der Waals surface area contributed by atoms with E-state index < -0.39 is 0 Å². The van der Waals surface area contributed by atoms with Crippen LogP contribution in [-0.4, -0.2) is 23.7 Å². The van der Waals surface area contributed by atoms with Crippen molar-refractivity contribution in [2.45, 2.75) is 39.4 Å². The van der Waals surface area contributed by atoms with Crippen molar-refractivity contribution >= 4 is 11.6 Å². The summed E-state index contributed by atoms with van der Waals surface area (Å²) in [7, 11) is 1.63. The molecule has 0 spiro atoms. The van der Waals surface area contributed by atoms with Crippen molar-refractivity contribution in [1.29, 1.82) is 0 Å². The summed E-state index contributed by atoms with van der Waals surface area (Å²) in [6, 6.07) is 1.71. The fourth-order valence-corrected chi connectivity index (χ4v) is 1.81. The van der Waals surface area contributed by atoms with Crippen LogP contribution >= 0.6 is 11.6 Å². The summed E-state index contributed by atoms with van der Waals surface area (Å²) < 4.78 is 10.7. The van der Waals surface area contributed by atoms with Crippen molar-refractivity contribution in [3.63, 3.8) is 0 Å². The van der Waals surface area contributed by atoms with E-state index in [-0.39, 0.29) is 6.10 Å². The maximum atomic E-state index is 5.97. The Morgan fingerprint density at radius 2 is 2.12 bits per heavy atom. The first-order valence-corrected chi connectivity index (χ1v) is 6.22. The minimum absolute atomic E-state index is 0.0840. The molecule has 0 aliphatic rings. The van der Waals surface area contributed by atoms with Gasteiger partial charge < -0.3 is 9.47 Å². The lowest BCUT2D eigenvalue weighted by Gasteiger charge is -2.15. The number of ether oxygens (including phenoxy) is 2. The quantitative estimate of drug-likeness (QED) is 0.705. The number of hydrogen-bond acceptors (Lipinski definition) is 4. The van der Waals surface area contributed by atoms with Gasteiger partial charge in [0.1, 0.15) is 11.3 Å². The van der Waals surface area contributed by atoms with Gasteiger partial charge in [0.05, 0.1) is 12.3 Å². The molecule has 1 unspecified atom stereocenters. The maximum absolute atomic E-state index is 5.97. The number of rotatable bonds is 7. The highest BCUT2D eigenvalue weighted by Gasteiger charge is 2.15. The molecule has 1 aromatic heterocycles. The fourth-order valence-electron chi connectivity index (χ4n) is 1.60. The number of methoxy groups -OCH3 is 1. The second kappa shape index (κ2) is 7.58. The van der Waals surface area contributed by atoms with Gasteiger partial charge in [-0.05, 0) is 19.4 Å². The molecule has 0 aromatic carbocycles.